The minimum atomic E-state index is -0.694. The van der Waals surface area contributed by atoms with Gasteiger partial charge in [0, 0.05) is 0 Å². The van der Waals surface area contributed by atoms with Gasteiger partial charge in [-0.15, -0.1) is 0 Å². The summed E-state index contributed by atoms with van der Waals surface area (Å²) in [5.74, 6) is 1.04. The van der Waals surface area contributed by atoms with Gasteiger partial charge in [0.15, 0.2) is 0 Å². The fourth-order valence-electron chi connectivity index (χ4n) is 1.63. The molecule has 0 aliphatic heterocycles. The first-order valence-electron chi connectivity index (χ1n) is 8.78. The van der Waals surface area contributed by atoms with Crippen molar-refractivity contribution in [2.45, 2.75) is 98.8 Å². The van der Waals surface area contributed by atoms with Crippen LogP contribution in [-0.4, -0.2) is 29.6 Å². The summed E-state index contributed by atoms with van der Waals surface area (Å²) in [6.45, 7) is 12.4. The Labute approximate surface area is 133 Å². The summed E-state index contributed by atoms with van der Waals surface area (Å²) in [5, 5.41) is 19.5. The molecule has 1 aliphatic rings. The van der Waals surface area contributed by atoms with Crippen LogP contribution < -0.4 is 10.8 Å². The van der Waals surface area contributed by atoms with E-state index in [1.165, 1.54) is 44.9 Å². The first-order valence-corrected chi connectivity index (χ1v) is 8.78. The SMILES string of the molecule is CC.CC1CCCCC1.CCCC.CNC(O)C(C)NO. The van der Waals surface area contributed by atoms with Crippen LogP contribution in [0.5, 0.6) is 0 Å². The number of unbranched alkanes of at least 4 members (excludes halogenated alkanes) is 1. The minimum Gasteiger partial charge on any atom is -0.377 e. The Balaban J connectivity index is -0.000000228. The van der Waals surface area contributed by atoms with Crippen LogP contribution in [0.25, 0.3) is 0 Å². The van der Waals surface area contributed by atoms with Gasteiger partial charge in [0.1, 0.15) is 6.23 Å². The second-order valence-corrected chi connectivity index (χ2v) is 5.39. The van der Waals surface area contributed by atoms with Crippen molar-refractivity contribution in [3.63, 3.8) is 0 Å². The van der Waals surface area contributed by atoms with Crippen molar-refractivity contribution in [3.8, 4) is 0 Å². The van der Waals surface area contributed by atoms with E-state index in [4.69, 9.17) is 10.3 Å². The molecule has 0 aromatic heterocycles. The van der Waals surface area contributed by atoms with Gasteiger partial charge in [0.05, 0.1) is 6.04 Å². The second-order valence-electron chi connectivity index (χ2n) is 5.39. The second kappa shape index (κ2) is 22.1. The number of likely N-dealkylation sites (N-methyl/N-ethyl adjacent to an activating group) is 1. The van der Waals surface area contributed by atoms with Crippen molar-refractivity contribution in [3.05, 3.63) is 0 Å². The summed E-state index contributed by atoms with van der Waals surface area (Å²) in [6, 6.07) is -0.333. The lowest BCUT2D eigenvalue weighted by atomic mass is 9.91. The molecule has 0 amide bonds. The van der Waals surface area contributed by atoms with Crippen LogP contribution in [-0.2, 0) is 0 Å². The molecule has 0 radical (unpaired) electrons. The molecule has 4 nitrogen and oxygen atoms in total. The van der Waals surface area contributed by atoms with Crippen LogP contribution in [0.3, 0.4) is 0 Å². The first-order chi connectivity index (χ1) is 10.0. The fourth-order valence-corrected chi connectivity index (χ4v) is 1.63. The van der Waals surface area contributed by atoms with E-state index in [0.717, 1.165) is 5.92 Å². The molecule has 21 heavy (non-hydrogen) atoms. The highest BCUT2D eigenvalue weighted by Gasteiger charge is 2.08. The average Bonchev–Trinajstić information content (AvgIpc) is 2.56. The Hall–Kier alpha value is -0.160. The molecular formula is C17H42N2O2. The maximum atomic E-state index is 8.79. The molecule has 0 bridgehead atoms. The van der Waals surface area contributed by atoms with Gasteiger partial charge in [-0.25, -0.2) is 0 Å². The molecule has 0 heterocycles. The first kappa shape index (κ1) is 25.8. The predicted octanol–water partition coefficient (Wildman–Crippen LogP) is 4.31. The molecule has 0 aromatic rings. The monoisotopic (exact) mass is 306 g/mol. The van der Waals surface area contributed by atoms with Crippen molar-refractivity contribution in [2.24, 2.45) is 5.92 Å². The van der Waals surface area contributed by atoms with Crippen LogP contribution in [0.2, 0.25) is 0 Å². The van der Waals surface area contributed by atoms with E-state index in [2.05, 4.69) is 26.1 Å². The van der Waals surface area contributed by atoms with E-state index in [-0.39, 0.29) is 6.04 Å². The number of hydrogen-bond acceptors (Lipinski definition) is 4. The number of aliphatic hydroxyl groups excluding tert-OH is 1. The van der Waals surface area contributed by atoms with Gasteiger partial charge in [-0.05, 0) is 19.9 Å². The minimum absolute atomic E-state index is 0.333. The van der Waals surface area contributed by atoms with Crippen molar-refractivity contribution < 1.29 is 10.3 Å². The Morgan fingerprint density at radius 1 is 1.05 bits per heavy atom. The average molecular weight is 307 g/mol. The van der Waals surface area contributed by atoms with Gasteiger partial charge in [0.25, 0.3) is 0 Å². The zero-order valence-corrected chi connectivity index (χ0v) is 15.6. The summed E-state index contributed by atoms with van der Waals surface area (Å²) in [5.41, 5.74) is 1.90. The van der Waals surface area contributed by atoms with Crippen LogP contribution in [0.15, 0.2) is 0 Å². The third-order valence-corrected chi connectivity index (χ3v) is 3.37. The van der Waals surface area contributed by atoms with Crippen molar-refractivity contribution >= 4 is 0 Å². The maximum absolute atomic E-state index is 8.79. The zero-order chi connectivity index (χ0) is 17.1. The normalized spacial score (nSPS) is 17.0. The van der Waals surface area contributed by atoms with E-state index < -0.39 is 6.23 Å². The van der Waals surface area contributed by atoms with Crippen molar-refractivity contribution in [1.82, 2.24) is 10.8 Å². The van der Waals surface area contributed by atoms with E-state index in [0.29, 0.717) is 0 Å². The highest BCUT2D eigenvalue weighted by atomic mass is 16.5. The van der Waals surface area contributed by atoms with Crippen LogP contribution in [0, 0.1) is 5.92 Å². The lowest BCUT2D eigenvalue weighted by Gasteiger charge is -2.15. The maximum Gasteiger partial charge on any atom is 0.122 e. The van der Waals surface area contributed by atoms with Gasteiger partial charge in [0.2, 0.25) is 0 Å². The number of hydroxylamine groups is 1. The van der Waals surface area contributed by atoms with Crippen molar-refractivity contribution in [1.29, 1.82) is 0 Å². The fraction of sp³-hybridized carbons (Fsp3) is 1.00. The molecule has 4 heteroatoms. The lowest BCUT2D eigenvalue weighted by Crippen LogP contribution is -2.43. The van der Waals surface area contributed by atoms with E-state index in [1.807, 2.05) is 19.3 Å². The van der Waals surface area contributed by atoms with Crippen LogP contribution in [0.4, 0.5) is 0 Å². The molecular weight excluding hydrogens is 264 g/mol. The molecule has 2 atom stereocenters. The summed E-state index contributed by atoms with van der Waals surface area (Å²) in [7, 11) is 1.61. The molecule has 132 valence electrons. The molecule has 1 rings (SSSR count). The van der Waals surface area contributed by atoms with Gasteiger partial charge in [-0.1, -0.05) is 79.6 Å². The van der Waals surface area contributed by atoms with Gasteiger partial charge < -0.3 is 10.3 Å². The summed E-state index contributed by atoms with van der Waals surface area (Å²) >= 11 is 0. The standard InChI is InChI=1S/C7H14.C4H12N2O2.C4H10.C2H6/c1-7-5-3-2-4-6-7;1-3(6-8)4(7)5-2;1-3-4-2;1-2/h7H,2-6H2,1H3;3-8H,1-2H3;3-4H2,1-2H3;1-2H3. The molecule has 4 N–H and O–H groups in total. The number of aliphatic hydroxyl groups is 1. The molecule has 0 spiro atoms. The van der Waals surface area contributed by atoms with E-state index in [9.17, 15) is 0 Å². The summed E-state index contributed by atoms with van der Waals surface area (Å²) in [6.07, 6.45) is 9.38. The zero-order valence-electron chi connectivity index (χ0n) is 15.6. The van der Waals surface area contributed by atoms with E-state index in [1.54, 1.807) is 14.0 Å². The Bertz CT molecular complexity index is 153. The largest absolute Gasteiger partial charge is 0.377 e. The van der Waals surface area contributed by atoms with Crippen molar-refractivity contribution in [2.75, 3.05) is 7.05 Å². The smallest absolute Gasteiger partial charge is 0.122 e. The number of rotatable bonds is 4. The quantitative estimate of drug-likeness (QED) is 0.461. The Kier molecular flexibility index (Phi) is 27.2. The third kappa shape index (κ3) is 22.3. The number of nitrogens with one attached hydrogen (secondary N) is 2. The number of hydrogen-bond donors (Lipinski definition) is 4. The molecule has 0 aromatic carbocycles. The predicted molar refractivity (Wildman–Crippen MR) is 93.6 cm³/mol. The highest BCUT2D eigenvalue weighted by Crippen LogP contribution is 2.22. The lowest BCUT2D eigenvalue weighted by molar-refractivity contribution is 0.0340. The third-order valence-electron chi connectivity index (χ3n) is 3.37. The van der Waals surface area contributed by atoms with Gasteiger partial charge >= 0.3 is 0 Å². The molecule has 1 aliphatic carbocycles. The molecule has 0 saturated heterocycles. The Morgan fingerprint density at radius 2 is 1.48 bits per heavy atom. The topological polar surface area (TPSA) is 64.5 Å². The highest BCUT2D eigenvalue weighted by molar-refractivity contribution is 4.61. The molecule has 1 fully saturated rings. The van der Waals surface area contributed by atoms with Gasteiger partial charge in [-0.3, -0.25) is 5.32 Å². The summed E-state index contributed by atoms with van der Waals surface area (Å²) < 4.78 is 0. The molecule has 2 unspecified atom stereocenters. The Morgan fingerprint density at radius 3 is 1.62 bits per heavy atom. The van der Waals surface area contributed by atoms with E-state index >= 15 is 0 Å². The van der Waals surface area contributed by atoms with Gasteiger partial charge in [-0.2, -0.15) is 5.48 Å². The van der Waals surface area contributed by atoms with Crippen LogP contribution in [0.1, 0.15) is 86.5 Å². The van der Waals surface area contributed by atoms with Crippen LogP contribution >= 0.6 is 0 Å². The molecule has 1 saturated carbocycles. The summed E-state index contributed by atoms with van der Waals surface area (Å²) in [4.78, 5) is 0.